The molecule has 2 saturated carbocycles. The van der Waals surface area contributed by atoms with Gasteiger partial charge in [-0.05, 0) is 53.3 Å². The molecule has 2 aliphatic heterocycles. The molecule has 1 aromatic heterocycles. The Bertz CT molecular complexity index is 1980. The number of anilines is 1. The fourth-order valence-corrected chi connectivity index (χ4v) is 11.2. The van der Waals surface area contributed by atoms with Gasteiger partial charge < -0.3 is 20.1 Å². The number of benzene rings is 3. The smallest absolute Gasteiger partial charge is 0.305 e. The number of carbonyl (C=O) groups is 4. The Kier molecular flexibility index (Phi) is 7.02. The normalized spacial score (nSPS) is 27.4. The fraction of sp³-hybridized carbons (Fsp3) is 0.324. The summed E-state index contributed by atoms with van der Waals surface area (Å²) >= 11 is 2.77. The standard InChI is InChI=1S/C34H29N3O7S2/c38-23(35-22-10-4-6-16-5-1-2-9-19(16)22)15-44-18-8-3-7-17(13-18)25-26-20-14-21(29(26)45-31-30(25)46-34(43)36-31)28-27(20)32(41)37(33(28)42)12-11-24(39)40/h1-10,13,20-21,25-29H,11-12,14-15H2,(H,35,38)(H,36,43)(H,39,40)/t20?,21?,25-,26?,27?,28?,29?/m1/s1. The second kappa shape index (κ2) is 11.1. The molecule has 3 heterocycles. The summed E-state index contributed by atoms with van der Waals surface area (Å²) in [5.74, 6) is -2.64. The van der Waals surface area contributed by atoms with E-state index in [0.717, 1.165) is 37.6 Å². The number of rotatable bonds is 8. The monoisotopic (exact) mass is 655 g/mol. The number of aromatic amines is 1. The molecule has 12 heteroatoms. The molecule has 234 valence electrons. The topological polar surface area (TPSA) is 146 Å². The lowest BCUT2D eigenvalue weighted by Crippen LogP contribution is -2.42. The van der Waals surface area contributed by atoms with Crippen LogP contribution in [0.5, 0.6) is 5.75 Å². The molecular formula is C34H29N3O7S2. The number of aliphatic carboxylic acids is 1. The lowest BCUT2D eigenvalue weighted by Gasteiger charge is -2.43. The summed E-state index contributed by atoms with van der Waals surface area (Å²) in [7, 11) is 0. The number of amides is 3. The maximum Gasteiger partial charge on any atom is 0.305 e. The van der Waals surface area contributed by atoms with Crippen LogP contribution in [-0.2, 0) is 19.2 Å². The molecule has 4 aromatic rings. The third-order valence-corrected chi connectivity index (χ3v) is 12.6. The van der Waals surface area contributed by atoms with Crippen LogP contribution in [0.2, 0.25) is 0 Å². The highest BCUT2D eigenvalue weighted by Crippen LogP contribution is 2.68. The van der Waals surface area contributed by atoms with Crippen molar-refractivity contribution in [2.75, 3.05) is 18.5 Å². The van der Waals surface area contributed by atoms with Gasteiger partial charge >= 0.3 is 10.8 Å². The minimum absolute atomic E-state index is 0.00344. The van der Waals surface area contributed by atoms with Crippen LogP contribution in [0.3, 0.4) is 0 Å². The van der Waals surface area contributed by atoms with E-state index < -0.39 is 17.8 Å². The van der Waals surface area contributed by atoms with E-state index in [-0.39, 0.29) is 71.1 Å². The van der Waals surface area contributed by atoms with Crippen LogP contribution < -0.4 is 14.9 Å². The van der Waals surface area contributed by atoms with Crippen molar-refractivity contribution in [2.45, 2.75) is 29.0 Å². The molecule has 7 atom stereocenters. The minimum Gasteiger partial charge on any atom is -0.484 e. The number of nitrogens with zero attached hydrogens (tertiary/aromatic N) is 1. The number of likely N-dealkylation sites (tertiary alicyclic amines) is 1. The third-order valence-electron chi connectivity index (χ3n) is 10.0. The summed E-state index contributed by atoms with van der Waals surface area (Å²) < 4.78 is 5.97. The first kappa shape index (κ1) is 29.0. The molecule has 46 heavy (non-hydrogen) atoms. The molecule has 0 spiro atoms. The molecule has 6 unspecified atom stereocenters. The van der Waals surface area contributed by atoms with Gasteiger partial charge in [-0.15, -0.1) is 11.8 Å². The molecular weight excluding hydrogens is 627 g/mol. The molecule has 4 aliphatic rings. The van der Waals surface area contributed by atoms with Gasteiger partial charge in [0.15, 0.2) is 6.61 Å². The van der Waals surface area contributed by atoms with Crippen molar-refractivity contribution in [1.29, 1.82) is 0 Å². The Labute approximate surface area is 271 Å². The minimum atomic E-state index is -1.05. The van der Waals surface area contributed by atoms with E-state index in [1.54, 1.807) is 17.8 Å². The number of hydrogen-bond acceptors (Lipinski definition) is 8. The number of hydrogen-bond donors (Lipinski definition) is 3. The van der Waals surface area contributed by atoms with Crippen molar-refractivity contribution in [3.05, 3.63) is 86.8 Å². The van der Waals surface area contributed by atoms with E-state index in [1.165, 1.54) is 11.3 Å². The summed E-state index contributed by atoms with van der Waals surface area (Å²) in [6.07, 6.45) is 0.462. The first-order chi connectivity index (χ1) is 22.3. The second-order valence-corrected chi connectivity index (χ2v) is 14.6. The van der Waals surface area contributed by atoms with E-state index in [4.69, 9.17) is 4.74 Å². The van der Waals surface area contributed by atoms with E-state index >= 15 is 0 Å². The quantitative estimate of drug-likeness (QED) is 0.235. The van der Waals surface area contributed by atoms with Crippen molar-refractivity contribution in [1.82, 2.24) is 9.88 Å². The van der Waals surface area contributed by atoms with Crippen LogP contribution in [0.25, 0.3) is 10.8 Å². The van der Waals surface area contributed by atoms with Gasteiger partial charge in [-0.1, -0.05) is 59.9 Å². The van der Waals surface area contributed by atoms with Crippen LogP contribution in [0.1, 0.15) is 29.2 Å². The number of nitrogens with one attached hydrogen (secondary N) is 2. The van der Waals surface area contributed by atoms with Gasteiger partial charge in [-0.3, -0.25) is 28.9 Å². The number of thioether (sulfide) groups is 1. The molecule has 3 amide bonds. The van der Waals surface area contributed by atoms with E-state index in [2.05, 4.69) is 10.3 Å². The lowest BCUT2D eigenvalue weighted by molar-refractivity contribution is -0.142. The summed E-state index contributed by atoms with van der Waals surface area (Å²) in [5, 5.41) is 14.9. The maximum atomic E-state index is 13.6. The van der Waals surface area contributed by atoms with Gasteiger partial charge in [0.1, 0.15) is 5.75 Å². The van der Waals surface area contributed by atoms with Gasteiger partial charge in [0.2, 0.25) is 11.8 Å². The van der Waals surface area contributed by atoms with Crippen LogP contribution in [0.15, 0.2) is 76.6 Å². The Morgan fingerprint density at radius 3 is 2.57 bits per heavy atom. The van der Waals surface area contributed by atoms with Gasteiger partial charge in [0.05, 0.1) is 23.3 Å². The molecule has 3 fully saturated rings. The van der Waals surface area contributed by atoms with Crippen molar-refractivity contribution in [3.8, 4) is 5.75 Å². The number of carbonyl (C=O) groups excluding carboxylic acids is 3. The third kappa shape index (κ3) is 4.65. The summed E-state index contributed by atoms with van der Waals surface area (Å²) in [6, 6.07) is 21.1. The number of carboxylic acids is 1. The number of carboxylic acid groups (broad SMARTS) is 1. The average molecular weight is 656 g/mol. The number of fused-ring (bicyclic) bond motifs is 10. The molecule has 3 N–H and O–H groups in total. The van der Waals surface area contributed by atoms with E-state index in [1.807, 2.05) is 60.7 Å². The van der Waals surface area contributed by atoms with Crippen molar-refractivity contribution in [3.63, 3.8) is 0 Å². The predicted octanol–water partition coefficient (Wildman–Crippen LogP) is 4.56. The highest BCUT2D eigenvalue weighted by molar-refractivity contribution is 8.00. The highest BCUT2D eigenvalue weighted by atomic mass is 32.2. The lowest BCUT2D eigenvalue weighted by atomic mass is 9.68. The number of thiazole rings is 1. The Balaban J connectivity index is 1.05. The van der Waals surface area contributed by atoms with Gasteiger partial charge in [0.25, 0.3) is 5.91 Å². The van der Waals surface area contributed by atoms with Crippen LogP contribution in [-0.4, -0.2) is 57.1 Å². The zero-order chi connectivity index (χ0) is 31.7. The Morgan fingerprint density at radius 2 is 1.74 bits per heavy atom. The molecule has 10 nitrogen and oxygen atoms in total. The first-order valence-electron chi connectivity index (χ1n) is 15.3. The predicted molar refractivity (Wildman–Crippen MR) is 172 cm³/mol. The maximum absolute atomic E-state index is 13.6. The highest BCUT2D eigenvalue weighted by Gasteiger charge is 2.69. The zero-order valence-electron chi connectivity index (χ0n) is 24.4. The number of imide groups is 1. The van der Waals surface area contributed by atoms with Gasteiger partial charge in [-0.25, -0.2) is 0 Å². The van der Waals surface area contributed by atoms with Crippen molar-refractivity contribution in [2.24, 2.45) is 29.6 Å². The summed E-state index contributed by atoms with van der Waals surface area (Å²) in [4.78, 5) is 68.6. The first-order valence-corrected chi connectivity index (χ1v) is 16.9. The van der Waals surface area contributed by atoms with E-state index in [9.17, 15) is 29.1 Å². The van der Waals surface area contributed by atoms with Crippen molar-refractivity contribution < 1.29 is 29.0 Å². The van der Waals surface area contributed by atoms with Crippen LogP contribution in [0, 0.1) is 29.6 Å². The summed E-state index contributed by atoms with van der Waals surface area (Å²) in [6.45, 7) is -0.307. The van der Waals surface area contributed by atoms with Crippen LogP contribution in [0.4, 0.5) is 5.69 Å². The van der Waals surface area contributed by atoms with Gasteiger partial charge in [0, 0.05) is 33.7 Å². The Morgan fingerprint density at radius 1 is 0.978 bits per heavy atom. The number of aromatic nitrogens is 1. The summed E-state index contributed by atoms with van der Waals surface area (Å²) in [5.41, 5.74) is 1.62. The molecule has 3 aromatic carbocycles. The molecule has 8 rings (SSSR count). The molecule has 2 aliphatic carbocycles. The average Bonchev–Trinajstić information content (AvgIpc) is 3.78. The number of H-pyrrole nitrogens is 1. The van der Waals surface area contributed by atoms with E-state index in [0.29, 0.717) is 11.4 Å². The molecule has 1 saturated heterocycles. The molecule has 2 bridgehead atoms. The van der Waals surface area contributed by atoms with Crippen molar-refractivity contribution >= 4 is 63.2 Å². The van der Waals surface area contributed by atoms with Gasteiger partial charge in [-0.2, -0.15) is 0 Å². The zero-order valence-corrected chi connectivity index (χ0v) is 26.0. The largest absolute Gasteiger partial charge is 0.484 e. The van der Waals surface area contributed by atoms with Crippen LogP contribution >= 0.6 is 23.1 Å². The number of ether oxygens (including phenoxy) is 1. The fourth-order valence-electron chi connectivity index (χ4n) is 8.35. The Hall–Kier alpha value is -4.42. The second-order valence-electron chi connectivity index (χ2n) is 12.4. The molecule has 0 radical (unpaired) electrons. The SMILES string of the molecule is O=C(O)CCN1C(=O)C2C3CC(C2C1=O)C1C3Sc2[nH]c(=O)sc2[C@@H]1c1cccc(OCC(=O)Nc2cccc3ccccc23)c1.